The van der Waals surface area contributed by atoms with Crippen molar-refractivity contribution in [3.63, 3.8) is 0 Å². The van der Waals surface area contributed by atoms with Crippen molar-refractivity contribution in [3.05, 3.63) is 36.0 Å². The Morgan fingerprint density at radius 1 is 1.20 bits per heavy atom. The fourth-order valence-corrected chi connectivity index (χ4v) is 2.39. The van der Waals surface area contributed by atoms with E-state index in [-0.39, 0.29) is 5.54 Å². The standard InChI is InChI=1S/C15H19N5/c1-15(2,3)18-14-17-13(10-16-19-14)20-9-8-11-6-4-5-7-12(11)20/h4-7,10H,8-9H2,1-3H3,(H,17,18,19). The smallest absolute Gasteiger partial charge is 0.245 e. The molecule has 2 aromatic rings. The van der Waals surface area contributed by atoms with Gasteiger partial charge in [0.1, 0.15) is 0 Å². The topological polar surface area (TPSA) is 53.9 Å². The third kappa shape index (κ3) is 2.57. The highest BCUT2D eigenvalue weighted by Gasteiger charge is 2.22. The number of benzene rings is 1. The van der Waals surface area contributed by atoms with Crippen LogP contribution in [0.3, 0.4) is 0 Å². The van der Waals surface area contributed by atoms with Gasteiger partial charge < -0.3 is 10.2 Å². The van der Waals surface area contributed by atoms with Crippen LogP contribution in [-0.2, 0) is 6.42 Å². The van der Waals surface area contributed by atoms with Crippen molar-refractivity contribution in [2.75, 3.05) is 16.8 Å². The zero-order chi connectivity index (χ0) is 14.2. The summed E-state index contributed by atoms with van der Waals surface area (Å²) in [7, 11) is 0. The molecule has 0 aliphatic carbocycles. The predicted octanol–water partition coefficient (Wildman–Crippen LogP) is 2.78. The van der Waals surface area contributed by atoms with Crippen LogP contribution in [0.2, 0.25) is 0 Å². The van der Waals surface area contributed by atoms with Crippen molar-refractivity contribution >= 4 is 17.5 Å². The van der Waals surface area contributed by atoms with Gasteiger partial charge in [0.25, 0.3) is 0 Å². The Morgan fingerprint density at radius 3 is 2.80 bits per heavy atom. The van der Waals surface area contributed by atoms with E-state index in [9.17, 15) is 0 Å². The quantitative estimate of drug-likeness (QED) is 0.908. The average Bonchev–Trinajstić information content (AvgIpc) is 2.81. The molecule has 0 bridgehead atoms. The predicted molar refractivity (Wildman–Crippen MR) is 80.4 cm³/mol. The minimum Gasteiger partial charge on any atom is -0.348 e. The Hall–Kier alpha value is -2.17. The summed E-state index contributed by atoms with van der Waals surface area (Å²) in [5, 5.41) is 11.4. The molecule has 1 aromatic carbocycles. The molecule has 1 aliphatic heterocycles. The van der Waals surface area contributed by atoms with E-state index in [0.717, 1.165) is 18.8 Å². The normalized spacial score (nSPS) is 14.2. The van der Waals surface area contributed by atoms with Gasteiger partial charge in [-0.2, -0.15) is 10.1 Å². The van der Waals surface area contributed by atoms with Crippen LogP contribution in [0.4, 0.5) is 17.5 Å². The first-order valence-corrected chi connectivity index (χ1v) is 6.86. The van der Waals surface area contributed by atoms with E-state index in [2.05, 4.69) is 70.4 Å². The maximum Gasteiger partial charge on any atom is 0.245 e. The Bertz CT molecular complexity index is 618. The van der Waals surface area contributed by atoms with Gasteiger partial charge in [0.15, 0.2) is 5.82 Å². The average molecular weight is 269 g/mol. The monoisotopic (exact) mass is 269 g/mol. The van der Waals surface area contributed by atoms with Crippen LogP contribution in [0.15, 0.2) is 30.5 Å². The summed E-state index contributed by atoms with van der Waals surface area (Å²) < 4.78 is 0. The number of para-hydroxylation sites is 1. The van der Waals surface area contributed by atoms with E-state index in [1.54, 1.807) is 6.20 Å². The zero-order valence-electron chi connectivity index (χ0n) is 12.1. The van der Waals surface area contributed by atoms with E-state index in [1.807, 2.05) is 0 Å². The van der Waals surface area contributed by atoms with Gasteiger partial charge in [-0.05, 0) is 38.8 Å². The zero-order valence-corrected chi connectivity index (χ0v) is 12.1. The van der Waals surface area contributed by atoms with Crippen molar-refractivity contribution in [2.24, 2.45) is 0 Å². The number of anilines is 3. The van der Waals surface area contributed by atoms with Gasteiger partial charge in [0.05, 0.1) is 6.20 Å². The van der Waals surface area contributed by atoms with Crippen LogP contribution in [0, 0.1) is 0 Å². The van der Waals surface area contributed by atoms with Crippen LogP contribution < -0.4 is 10.2 Å². The first-order valence-electron chi connectivity index (χ1n) is 6.86. The number of fused-ring (bicyclic) bond motifs is 1. The van der Waals surface area contributed by atoms with Crippen molar-refractivity contribution in [1.82, 2.24) is 15.2 Å². The van der Waals surface area contributed by atoms with Crippen molar-refractivity contribution < 1.29 is 0 Å². The highest BCUT2D eigenvalue weighted by molar-refractivity contribution is 5.67. The Kier molecular flexibility index (Phi) is 3.04. The third-order valence-electron chi connectivity index (χ3n) is 3.20. The molecule has 1 N–H and O–H groups in total. The molecular weight excluding hydrogens is 250 g/mol. The molecule has 5 heteroatoms. The molecule has 0 spiro atoms. The lowest BCUT2D eigenvalue weighted by Gasteiger charge is -2.22. The summed E-state index contributed by atoms with van der Waals surface area (Å²) in [6.45, 7) is 7.17. The van der Waals surface area contributed by atoms with Gasteiger partial charge in [-0.25, -0.2) is 0 Å². The third-order valence-corrected chi connectivity index (χ3v) is 3.20. The van der Waals surface area contributed by atoms with E-state index in [0.29, 0.717) is 5.95 Å². The second-order valence-corrected chi connectivity index (χ2v) is 6.04. The molecule has 1 aromatic heterocycles. The summed E-state index contributed by atoms with van der Waals surface area (Å²) in [6, 6.07) is 8.42. The minimum absolute atomic E-state index is 0.0801. The minimum atomic E-state index is -0.0801. The van der Waals surface area contributed by atoms with Crippen LogP contribution in [0.1, 0.15) is 26.3 Å². The lowest BCUT2D eigenvalue weighted by atomic mass is 10.1. The van der Waals surface area contributed by atoms with Crippen LogP contribution >= 0.6 is 0 Å². The molecular formula is C15H19N5. The molecule has 0 atom stereocenters. The summed E-state index contributed by atoms with van der Waals surface area (Å²) in [5.74, 6) is 1.41. The molecule has 0 unspecified atom stereocenters. The highest BCUT2D eigenvalue weighted by atomic mass is 15.3. The van der Waals surface area contributed by atoms with E-state index in [1.165, 1.54) is 11.3 Å². The molecule has 5 nitrogen and oxygen atoms in total. The van der Waals surface area contributed by atoms with Gasteiger partial charge in [-0.15, -0.1) is 5.10 Å². The van der Waals surface area contributed by atoms with Gasteiger partial charge in [-0.1, -0.05) is 18.2 Å². The maximum atomic E-state index is 4.58. The van der Waals surface area contributed by atoms with E-state index < -0.39 is 0 Å². The first-order chi connectivity index (χ1) is 9.53. The second-order valence-electron chi connectivity index (χ2n) is 6.04. The molecule has 0 saturated carbocycles. The molecule has 0 radical (unpaired) electrons. The Morgan fingerprint density at radius 2 is 2.00 bits per heavy atom. The number of nitrogens with one attached hydrogen (secondary N) is 1. The SMILES string of the molecule is CC(C)(C)Nc1nncc(N2CCc3ccccc32)n1. The van der Waals surface area contributed by atoms with Crippen molar-refractivity contribution in [2.45, 2.75) is 32.7 Å². The van der Waals surface area contributed by atoms with Gasteiger partial charge in [-0.3, -0.25) is 0 Å². The molecule has 0 saturated heterocycles. The lowest BCUT2D eigenvalue weighted by Crippen LogP contribution is -2.28. The molecule has 20 heavy (non-hydrogen) atoms. The number of hydrogen-bond donors (Lipinski definition) is 1. The molecule has 3 rings (SSSR count). The van der Waals surface area contributed by atoms with E-state index in [4.69, 9.17) is 0 Å². The summed E-state index contributed by atoms with van der Waals surface area (Å²) >= 11 is 0. The molecule has 1 aliphatic rings. The second kappa shape index (κ2) is 4.74. The maximum absolute atomic E-state index is 4.58. The number of nitrogens with zero attached hydrogens (tertiary/aromatic N) is 4. The first kappa shape index (κ1) is 12.8. The number of rotatable bonds is 2. The van der Waals surface area contributed by atoms with E-state index >= 15 is 0 Å². The summed E-state index contributed by atoms with van der Waals surface area (Å²) in [5.41, 5.74) is 2.50. The molecule has 0 amide bonds. The molecule has 2 heterocycles. The van der Waals surface area contributed by atoms with Crippen LogP contribution in [0.5, 0.6) is 0 Å². The van der Waals surface area contributed by atoms with Gasteiger partial charge in [0.2, 0.25) is 5.95 Å². The van der Waals surface area contributed by atoms with Gasteiger partial charge >= 0.3 is 0 Å². The summed E-state index contributed by atoms with van der Waals surface area (Å²) in [6.07, 6.45) is 2.76. The lowest BCUT2D eigenvalue weighted by molar-refractivity contribution is 0.622. The van der Waals surface area contributed by atoms with Crippen molar-refractivity contribution in [3.8, 4) is 0 Å². The molecule has 104 valence electrons. The Labute approximate surface area is 119 Å². The van der Waals surface area contributed by atoms with Crippen molar-refractivity contribution in [1.29, 1.82) is 0 Å². The fraction of sp³-hybridized carbons (Fsp3) is 0.400. The number of hydrogen-bond acceptors (Lipinski definition) is 5. The van der Waals surface area contributed by atoms with Gasteiger partial charge in [0, 0.05) is 17.8 Å². The Balaban J connectivity index is 1.91. The summed E-state index contributed by atoms with van der Waals surface area (Å²) in [4.78, 5) is 6.77. The largest absolute Gasteiger partial charge is 0.348 e. The highest BCUT2D eigenvalue weighted by Crippen LogP contribution is 2.32. The molecule has 0 fully saturated rings. The van der Waals surface area contributed by atoms with Crippen LogP contribution in [-0.4, -0.2) is 27.3 Å². The van der Waals surface area contributed by atoms with Crippen LogP contribution in [0.25, 0.3) is 0 Å². The fourth-order valence-electron chi connectivity index (χ4n) is 2.39. The number of aromatic nitrogens is 3.